The number of thioether (sulfide) groups is 1. The number of rotatable bonds is 4. The fraction of sp³-hybridized carbons (Fsp3) is 0.588. The van der Waals surface area contributed by atoms with Crippen LogP contribution in [0.5, 0.6) is 0 Å². The average Bonchev–Trinajstić information content (AvgIpc) is 3.07. The summed E-state index contributed by atoms with van der Waals surface area (Å²) in [7, 11) is 0. The summed E-state index contributed by atoms with van der Waals surface area (Å²) in [5.74, 6) is 3.10. The molecule has 4 nitrogen and oxygen atoms in total. The van der Waals surface area contributed by atoms with Gasteiger partial charge in [0.1, 0.15) is 0 Å². The van der Waals surface area contributed by atoms with Gasteiger partial charge in [0.05, 0.1) is 0 Å². The number of likely N-dealkylation sites (tertiary alicyclic amines) is 1. The fourth-order valence-corrected chi connectivity index (χ4v) is 4.42. The van der Waals surface area contributed by atoms with Crippen molar-refractivity contribution in [2.24, 2.45) is 5.92 Å². The van der Waals surface area contributed by atoms with Crippen molar-refractivity contribution >= 4 is 23.5 Å². The highest BCUT2D eigenvalue weighted by Crippen LogP contribution is 2.22. The van der Waals surface area contributed by atoms with Gasteiger partial charge in [0.25, 0.3) is 0 Å². The minimum absolute atomic E-state index is 0.108. The highest BCUT2D eigenvalue weighted by Gasteiger charge is 2.24. The summed E-state index contributed by atoms with van der Waals surface area (Å²) >= 11 is 2.00. The molecule has 120 valence electrons. The highest BCUT2D eigenvalue weighted by molar-refractivity contribution is 7.99. The summed E-state index contributed by atoms with van der Waals surface area (Å²) in [6.45, 7) is 2.50. The van der Waals surface area contributed by atoms with E-state index < -0.39 is 0 Å². The van der Waals surface area contributed by atoms with Crippen LogP contribution >= 0.6 is 11.8 Å². The largest absolute Gasteiger partial charge is 0.381 e. The molecule has 2 amide bonds. The number of anilines is 1. The number of nitrogens with zero attached hydrogens (tertiary/aromatic N) is 1. The summed E-state index contributed by atoms with van der Waals surface area (Å²) < 4.78 is 0. The van der Waals surface area contributed by atoms with Gasteiger partial charge in [-0.2, -0.15) is 11.8 Å². The number of urea groups is 1. The minimum Gasteiger partial charge on any atom is -0.381 e. The van der Waals surface area contributed by atoms with Gasteiger partial charge >= 0.3 is 6.03 Å². The van der Waals surface area contributed by atoms with Gasteiger partial charge in [-0.15, -0.1) is 0 Å². The molecule has 0 saturated carbocycles. The monoisotopic (exact) mass is 319 g/mol. The average molecular weight is 319 g/mol. The standard InChI is InChI=1S/C17H25N3OS/c21-17(18-11-14-8-10-22-13-14)20-9-4-7-16(12-20)19-15-5-2-1-3-6-15/h1-3,5-6,14,16,19H,4,7-13H2,(H,18,21)/t14-,16-/m0/s1. The van der Waals surface area contributed by atoms with Crippen LogP contribution in [0.15, 0.2) is 30.3 Å². The number of hydrogen-bond acceptors (Lipinski definition) is 3. The van der Waals surface area contributed by atoms with E-state index in [1.165, 1.54) is 17.9 Å². The molecule has 3 rings (SSSR count). The molecular weight excluding hydrogens is 294 g/mol. The number of amides is 2. The molecule has 5 heteroatoms. The molecule has 2 atom stereocenters. The minimum atomic E-state index is 0.108. The highest BCUT2D eigenvalue weighted by atomic mass is 32.2. The van der Waals surface area contributed by atoms with Gasteiger partial charge in [0, 0.05) is 31.4 Å². The second-order valence-corrected chi connectivity index (χ2v) is 7.36. The molecular formula is C17H25N3OS. The van der Waals surface area contributed by atoms with E-state index in [9.17, 15) is 4.79 Å². The second kappa shape index (κ2) is 7.77. The van der Waals surface area contributed by atoms with E-state index in [-0.39, 0.29) is 6.03 Å². The van der Waals surface area contributed by atoms with Gasteiger partial charge in [-0.25, -0.2) is 4.79 Å². The molecule has 0 bridgehead atoms. The Hall–Kier alpha value is -1.36. The zero-order chi connectivity index (χ0) is 15.2. The lowest BCUT2D eigenvalue weighted by molar-refractivity contribution is 0.181. The molecule has 2 N–H and O–H groups in total. The number of carbonyl (C=O) groups is 1. The zero-order valence-electron chi connectivity index (χ0n) is 13.0. The van der Waals surface area contributed by atoms with Crippen molar-refractivity contribution in [1.82, 2.24) is 10.2 Å². The third kappa shape index (κ3) is 4.32. The Morgan fingerprint density at radius 2 is 2.14 bits per heavy atom. The molecule has 0 aromatic heterocycles. The predicted octanol–water partition coefficient (Wildman–Crippen LogP) is 3.03. The van der Waals surface area contributed by atoms with E-state index in [1.54, 1.807) is 0 Å². The van der Waals surface area contributed by atoms with Gasteiger partial charge in [-0.1, -0.05) is 18.2 Å². The summed E-state index contributed by atoms with van der Waals surface area (Å²) in [4.78, 5) is 14.3. The Kier molecular flexibility index (Phi) is 5.48. The van der Waals surface area contributed by atoms with Crippen molar-refractivity contribution in [3.63, 3.8) is 0 Å². The van der Waals surface area contributed by atoms with Crippen molar-refractivity contribution < 1.29 is 4.79 Å². The van der Waals surface area contributed by atoms with Gasteiger partial charge in [0.15, 0.2) is 0 Å². The Balaban J connectivity index is 1.46. The lowest BCUT2D eigenvalue weighted by Gasteiger charge is -2.34. The lowest BCUT2D eigenvalue weighted by Crippen LogP contribution is -2.49. The quantitative estimate of drug-likeness (QED) is 0.896. The van der Waals surface area contributed by atoms with Crippen molar-refractivity contribution in [3.8, 4) is 0 Å². The fourth-order valence-electron chi connectivity index (χ4n) is 3.14. The molecule has 1 aromatic rings. The summed E-state index contributed by atoms with van der Waals surface area (Å²) in [6, 6.07) is 10.7. The predicted molar refractivity (Wildman–Crippen MR) is 93.5 cm³/mol. The van der Waals surface area contributed by atoms with Crippen LogP contribution < -0.4 is 10.6 Å². The first kappa shape index (κ1) is 15.5. The molecule has 1 aromatic carbocycles. The molecule has 2 heterocycles. The molecule has 22 heavy (non-hydrogen) atoms. The normalized spacial score (nSPS) is 25.0. The molecule has 0 radical (unpaired) electrons. The molecule has 2 aliphatic rings. The molecule has 0 aliphatic carbocycles. The Bertz CT molecular complexity index is 476. The molecule has 2 aliphatic heterocycles. The van der Waals surface area contributed by atoms with Crippen LogP contribution in [0.3, 0.4) is 0 Å². The van der Waals surface area contributed by atoms with Crippen LogP contribution in [-0.2, 0) is 0 Å². The molecule has 2 fully saturated rings. The van der Waals surface area contributed by atoms with E-state index >= 15 is 0 Å². The van der Waals surface area contributed by atoms with Crippen LogP contribution in [0, 0.1) is 5.92 Å². The van der Waals surface area contributed by atoms with E-state index in [4.69, 9.17) is 0 Å². The van der Waals surface area contributed by atoms with Crippen LogP contribution in [-0.4, -0.2) is 48.1 Å². The smallest absolute Gasteiger partial charge is 0.317 e. The van der Waals surface area contributed by atoms with Gasteiger partial charge < -0.3 is 15.5 Å². The molecule has 2 saturated heterocycles. The first-order valence-corrected chi connectivity index (χ1v) is 9.39. The zero-order valence-corrected chi connectivity index (χ0v) is 13.8. The van der Waals surface area contributed by atoms with Gasteiger partial charge in [-0.3, -0.25) is 0 Å². The first-order valence-electron chi connectivity index (χ1n) is 8.23. The maximum atomic E-state index is 12.3. The summed E-state index contributed by atoms with van der Waals surface area (Å²) in [5.41, 5.74) is 1.14. The van der Waals surface area contributed by atoms with Gasteiger partial charge in [-0.05, 0) is 48.8 Å². The van der Waals surface area contributed by atoms with Gasteiger partial charge in [0.2, 0.25) is 0 Å². The van der Waals surface area contributed by atoms with E-state index in [2.05, 4.69) is 22.8 Å². The van der Waals surface area contributed by atoms with E-state index in [0.717, 1.165) is 38.2 Å². The molecule has 0 spiro atoms. The Morgan fingerprint density at radius 1 is 1.27 bits per heavy atom. The van der Waals surface area contributed by atoms with Crippen LogP contribution in [0.1, 0.15) is 19.3 Å². The maximum Gasteiger partial charge on any atom is 0.317 e. The van der Waals surface area contributed by atoms with Crippen molar-refractivity contribution in [1.29, 1.82) is 0 Å². The number of benzene rings is 1. The Labute approximate surface area is 137 Å². The van der Waals surface area contributed by atoms with Crippen LogP contribution in [0.25, 0.3) is 0 Å². The number of piperidine rings is 1. The topological polar surface area (TPSA) is 44.4 Å². The Morgan fingerprint density at radius 3 is 2.91 bits per heavy atom. The van der Waals surface area contributed by atoms with Crippen LogP contribution in [0.4, 0.5) is 10.5 Å². The summed E-state index contributed by atoms with van der Waals surface area (Å²) in [5, 5.41) is 6.66. The summed E-state index contributed by atoms with van der Waals surface area (Å²) in [6.07, 6.45) is 3.43. The lowest BCUT2D eigenvalue weighted by atomic mass is 10.1. The third-order valence-electron chi connectivity index (χ3n) is 4.42. The maximum absolute atomic E-state index is 12.3. The second-order valence-electron chi connectivity index (χ2n) is 6.21. The number of hydrogen-bond donors (Lipinski definition) is 2. The molecule has 0 unspecified atom stereocenters. The van der Waals surface area contributed by atoms with Crippen molar-refractivity contribution in [3.05, 3.63) is 30.3 Å². The third-order valence-corrected chi connectivity index (χ3v) is 5.65. The SMILES string of the molecule is O=C(NC[C@@H]1CCSC1)N1CCC[C@H](Nc2ccccc2)C1. The van der Waals surface area contributed by atoms with E-state index in [0.29, 0.717) is 12.0 Å². The first-order chi connectivity index (χ1) is 10.8. The van der Waals surface area contributed by atoms with E-state index in [1.807, 2.05) is 34.9 Å². The number of para-hydroxylation sites is 1. The number of carbonyl (C=O) groups excluding carboxylic acids is 1. The van der Waals surface area contributed by atoms with Crippen molar-refractivity contribution in [2.45, 2.75) is 25.3 Å². The van der Waals surface area contributed by atoms with Crippen molar-refractivity contribution in [2.75, 3.05) is 36.5 Å². The van der Waals surface area contributed by atoms with Crippen LogP contribution in [0.2, 0.25) is 0 Å². The number of nitrogens with one attached hydrogen (secondary N) is 2.